The van der Waals surface area contributed by atoms with E-state index in [1.807, 2.05) is 19.1 Å². The van der Waals surface area contributed by atoms with Crippen LogP contribution >= 0.6 is 12.4 Å². The standard InChI is InChI=1S/C9H8N2O2.ClH/c1-6-3-2-4-8-10-7(9(12)13)5-11(6)8;/h2-5H,1H3,(H,12,13);1H. The van der Waals surface area contributed by atoms with Crippen LogP contribution in [0.15, 0.2) is 24.4 Å². The number of carboxylic acid groups (broad SMARTS) is 1. The molecule has 0 aliphatic heterocycles. The molecule has 4 nitrogen and oxygen atoms in total. The lowest BCUT2D eigenvalue weighted by Gasteiger charge is -1.95. The van der Waals surface area contributed by atoms with Crippen molar-refractivity contribution in [3.63, 3.8) is 0 Å². The molecule has 0 bridgehead atoms. The van der Waals surface area contributed by atoms with Crippen LogP contribution < -0.4 is 0 Å². The third kappa shape index (κ3) is 1.56. The Kier molecular flexibility index (Phi) is 2.76. The van der Waals surface area contributed by atoms with E-state index in [1.54, 1.807) is 10.5 Å². The average Bonchev–Trinajstić information content (AvgIpc) is 2.49. The van der Waals surface area contributed by atoms with Gasteiger partial charge < -0.3 is 9.51 Å². The Hall–Kier alpha value is -1.55. The largest absolute Gasteiger partial charge is 0.476 e. The minimum atomic E-state index is -0.997. The van der Waals surface area contributed by atoms with E-state index < -0.39 is 5.97 Å². The van der Waals surface area contributed by atoms with Crippen LogP contribution in [0.4, 0.5) is 0 Å². The summed E-state index contributed by atoms with van der Waals surface area (Å²) in [7, 11) is 0. The Morgan fingerprint density at radius 2 is 2.21 bits per heavy atom. The number of aromatic nitrogens is 2. The Labute approximate surface area is 86.6 Å². The van der Waals surface area contributed by atoms with Crippen molar-refractivity contribution in [2.24, 2.45) is 0 Å². The molecule has 74 valence electrons. The SMILES string of the molecule is Cc1cccc2nc(C(=O)O)cn12.Cl. The zero-order valence-corrected chi connectivity index (χ0v) is 8.28. The van der Waals surface area contributed by atoms with Gasteiger partial charge in [-0.2, -0.15) is 0 Å². The predicted octanol–water partition coefficient (Wildman–Crippen LogP) is 1.76. The molecule has 14 heavy (non-hydrogen) atoms. The van der Waals surface area contributed by atoms with Gasteiger partial charge in [0, 0.05) is 11.9 Å². The molecule has 0 saturated carbocycles. The average molecular weight is 213 g/mol. The molecule has 2 aromatic rings. The van der Waals surface area contributed by atoms with Crippen molar-refractivity contribution in [2.45, 2.75) is 6.92 Å². The molecule has 0 spiro atoms. The van der Waals surface area contributed by atoms with E-state index in [1.165, 1.54) is 6.20 Å². The minimum Gasteiger partial charge on any atom is -0.476 e. The summed E-state index contributed by atoms with van der Waals surface area (Å²) in [5.41, 5.74) is 1.71. The number of nitrogens with zero attached hydrogens (tertiary/aromatic N) is 2. The molecule has 0 atom stereocenters. The lowest BCUT2D eigenvalue weighted by molar-refractivity contribution is 0.0691. The number of hydrogen-bond donors (Lipinski definition) is 1. The number of aromatic carboxylic acids is 1. The molecule has 0 unspecified atom stereocenters. The quantitative estimate of drug-likeness (QED) is 0.784. The van der Waals surface area contributed by atoms with Gasteiger partial charge in [0.15, 0.2) is 5.69 Å². The van der Waals surface area contributed by atoms with Crippen LogP contribution in [0, 0.1) is 6.92 Å². The fraction of sp³-hybridized carbons (Fsp3) is 0.111. The summed E-state index contributed by atoms with van der Waals surface area (Å²) >= 11 is 0. The van der Waals surface area contributed by atoms with Crippen molar-refractivity contribution in [3.05, 3.63) is 35.8 Å². The smallest absolute Gasteiger partial charge is 0.356 e. The van der Waals surface area contributed by atoms with Crippen LogP contribution in [-0.2, 0) is 0 Å². The number of halogens is 1. The molecule has 1 N–H and O–H groups in total. The van der Waals surface area contributed by atoms with E-state index in [0.717, 1.165) is 5.69 Å². The Morgan fingerprint density at radius 3 is 2.79 bits per heavy atom. The number of pyridine rings is 1. The van der Waals surface area contributed by atoms with Gasteiger partial charge in [0.25, 0.3) is 0 Å². The molecule has 2 heterocycles. The molecule has 0 saturated heterocycles. The normalized spacial score (nSPS) is 9.79. The summed E-state index contributed by atoms with van der Waals surface area (Å²) in [5.74, 6) is -0.997. The number of imidazole rings is 1. The zero-order valence-electron chi connectivity index (χ0n) is 7.47. The summed E-state index contributed by atoms with van der Waals surface area (Å²) < 4.78 is 1.75. The maximum Gasteiger partial charge on any atom is 0.356 e. The lowest BCUT2D eigenvalue weighted by atomic mass is 10.4. The fourth-order valence-electron chi connectivity index (χ4n) is 1.25. The van der Waals surface area contributed by atoms with Gasteiger partial charge in [-0.25, -0.2) is 9.78 Å². The van der Waals surface area contributed by atoms with E-state index in [4.69, 9.17) is 5.11 Å². The van der Waals surface area contributed by atoms with Gasteiger partial charge in [-0.3, -0.25) is 0 Å². The second-order valence-corrected chi connectivity index (χ2v) is 2.83. The molecule has 0 aromatic carbocycles. The zero-order chi connectivity index (χ0) is 9.42. The molecule has 0 radical (unpaired) electrons. The molecule has 0 amide bonds. The highest BCUT2D eigenvalue weighted by atomic mass is 35.5. The van der Waals surface area contributed by atoms with Crippen LogP contribution in [-0.4, -0.2) is 20.5 Å². The third-order valence-corrected chi connectivity index (χ3v) is 1.92. The maximum atomic E-state index is 10.6. The van der Waals surface area contributed by atoms with Gasteiger partial charge in [-0.05, 0) is 19.1 Å². The van der Waals surface area contributed by atoms with Gasteiger partial charge in [0.1, 0.15) is 5.65 Å². The predicted molar refractivity (Wildman–Crippen MR) is 54.1 cm³/mol. The number of carboxylic acids is 1. The van der Waals surface area contributed by atoms with E-state index >= 15 is 0 Å². The molecular formula is C9H9ClN2O2. The molecule has 0 aliphatic carbocycles. The summed E-state index contributed by atoms with van der Waals surface area (Å²) in [6.45, 7) is 1.90. The second-order valence-electron chi connectivity index (χ2n) is 2.83. The molecule has 2 rings (SSSR count). The minimum absolute atomic E-state index is 0. The molecule has 0 fully saturated rings. The number of fused-ring (bicyclic) bond motifs is 1. The van der Waals surface area contributed by atoms with Crippen molar-refractivity contribution in [3.8, 4) is 0 Å². The number of rotatable bonds is 1. The van der Waals surface area contributed by atoms with Crippen LogP contribution in [0.5, 0.6) is 0 Å². The van der Waals surface area contributed by atoms with Crippen molar-refractivity contribution < 1.29 is 9.90 Å². The van der Waals surface area contributed by atoms with Crippen LogP contribution in [0.2, 0.25) is 0 Å². The highest BCUT2D eigenvalue weighted by molar-refractivity contribution is 5.86. The van der Waals surface area contributed by atoms with Crippen molar-refractivity contribution >= 4 is 24.0 Å². The van der Waals surface area contributed by atoms with Gasteiger partial charge >= 0.3 is 5.97 Å². The van der Waals surface area contributed by atoms with Crippen molar-refractivity contribution in [1.29, 1.82) is 0 Å². The summed E-state index contributed by atoms with van der Waals surface area (Å²) in [4.78, 5) is 14.5. The maximum absolute atomic E-state index is 10.6. The summed E-state index contributed by atoms with van der Waals surface area (Å²) in [6.07, 6.45) is 1.52. The van der Waals surface area contributed by atoms with Crippen LogP contribution in [0.1, 0.15) is 16.2 Å². The monoisotopic (exact) mass is 212 g/mol. The third-order valence-electron chi connectivity index (χ3n) is 1.92. The molecule has 2 aromatic heterocycles. The lowest BCUT2D eigenvalue weighted by Crippen LogP contribution is -1.95. The first-order valence-corrected chi connectivity index (χ1v) is 3.86. The van der Waals surface area contributed by atoms with Gasteiger partial charge in [0.2, 0.25) is 0 Å². The highest BCUT2D eigenvalue weighted by Gasteiger charge is 2.08. The highest BCUT2D eigenvalue weighted by Crippen LogP contribution is 2.07. The first-order valence-electron chi connectivity index (χ1n) is 3.86. The Morgan fingerprint density at radius 1 is 1.50 bits per heavy atom. The van der Waals surface area contributed by atoms with E-state index in [-0.39, 0.29) is 18.1 Å². The fourth-order valence-corrected chi connectivity index (χ4v) is 1.25. The van der Waals surface area contributed by atoms with Crippen molar-refractivity contribution in [2.75, 3.05) is 0 Å². The van der Waals surface area contributed by atoms with E-state index in [9.17, 15) is 4.79 Å². The van der Waals surface area contributed by atoms with Crippen molar-refractivity contribution in [1.82, 2.24) is 9.38 Å². The first-order chi connectivity index (χ1) is 6.18. The van der Waals surface area contributed by atoms with Crippen LogP contribution in [0.3, 0.4) is 0 Å². The first kappa shape index (κ1) is 10.5. The van der Waals surface area contributed by atoms with E-state index in [2.05, 4.69) is 4.98 Å². The topological polar surface area (TPSA) is 54.6 Å². The number of carbonyl (C=O) groups is 1. The second kappa shape index (κ2) is 3.67. The van der Waals surface area contributed by atoms with Gasteiger partial charge in [0.05, 0.1) is 0 Å². The van der Waals surface area contributed by atoms with Gasteiger partial charge in [-0.15, -0.1) is 12.4 Å². The Balaban J connectivity index is 0.000000980. The molecule has 0 aliphatic rings. The summed E-state index contributed by atoms with van der Waals surface area (Å²) in [6, 6.07) is 5.53. The molecular weight excluding hydrogens is 204 g/mol. The molecule has 5 heteroatoms. The van der Waals surface area contributed by atoms with E-state index in [0.29, 0.717) is 5.65 Å². The number of hydrogen-bond acceptors (Lipinski definition) is 2. The number of aryl methyl sites for hydroxylation is 1. The van der Waals surface area contributed by atoms with Crippen LogP contribution in [0.25, 0.3) is 5.65 Å². The Bertz CT molecular complexity index is 479. The van der Waals surface area contributed by atoms with Gasteiger partial charge in [-0.1, -0.05) is 6.07 Å². The summed E-state index contributed by atoms with van der Waals surface area (Å²) in [5, 5.41) is 8.70.